The minimum absolute atomic E-state index is 0.00973. The molecule has 0 bridgehead atoms. The predicted molar refractivity (Wildman–Crippen MR) is 93.5 cm³/mol. The van der Waals surface area contributed by atoms with Crippen LogP contribution in [0.15, 0.2) is 48.5 Å². The van der Waals surface area contributed by atoms with Gasteiger partial charge in [-0.25, -0.2) is 0 Å². The van der Waals surface area contributed by atoms with Crippen molar-refractivity contribution < 1.29 is 9.53 Å². The fraction of sp³-hybridized carbons (Fsp3) is 0.350. The van der Waals surface area contributed by atoms with E-state index >= 15 is 0 Å². The summed E-state index contributed by atoms with van der Waals surface area (Å²) in [6, 6.07) is 16.0. The summed E-state index contributed by atoms with van der Waals surface area (Å²) in [5, 5.41) is 0. The van der Waals surface area contributed by atoms with Gasteiger partial charge in [-0.05, 0) is 49.1 Å². The summed E-state index contributed by atoms with van der Waals surface area (Å²) in [5.41, 5.74) is 3.39. The predicted octanol–water partition coefficient (Wildman–Crippen LogP) is 4.12. The van der Waals surface area contributed by atoms with Gasteiger partial charge in [-0.3, -0.25) is 4.79 Å². The molecule has 0 aliphatic rings. The number of aryl methyl sites for hydroxylation is 2. The van der Waals surface area contributed by atoms with E-state index in [1.807, 2.05) is 70.3 Å². The Hall–Kier alpha value is -2.29. The first-order chi connectivity index (χ1) is 11.0. The number of nitrogens with zero attached hydrogens (tertiary/aromatic N) is 1. The number of benzene rings is 2. The summed E-state index contributed by atoms with van der Waals surface area (Å²) in [4.78, 5) is 14.4. The van der Waals surface area contributed by atoms with Crippen molar-refractivity contribution in [3.8, 4) is 5.75 Å². The van der Waals surface area contributed by atoms with Crippen LogP contribution in [0.3, 0.4) is 0 Å². The zero-order chi connectivity index (χ0) is 16.8. The molecule has 0 fully saturated rings. The van der Waals surface area contributed by atoms with E-state index in [0.29, 0.717) is 13.0 Å². The van der Waals surface area contributed by atoms with Gasteiger partial charge < -0.3 is 9.64 Å². The van der Waals surface area contributed by atoms with Crippen molar-refractivity contribution in [2.75, 3.05) is 7.05 Å². The molecule has 0 spiro atoms. The highest BCUT2D eigenvalue weighted by Gasteiger charge is 2.22. The van der Waals surface area contributed by atoms with Crippen molar-refractivity contribution in [1.29, 1.82) is 0 Å². The SMILES string of the molecule is CC[C@H](Oc1cc(C)cc(C)c1)C(=O)N(C)Cc1ccccc1. The lowest BCUT2D eigenvalue weighted by Crippen LogP contribution is -2.39. The van der Waals surface area contributed by atoms with Gasteiger partial charge in [0.25, 0.3) is 5.91 Å². The van der Waals surface area contributed by atoms with Crippen LogP contribution in [0.4, 0.5) is 0 Å². The first-order valence-corrected chi connectivity index (χ1v) is 8.03. The lowest BCUT2D eigenvalue weighted by atomic mass is 10.1. The monoisotopic (exact) mass is 311 g/mol. The average Bonchev–Trinajstić information content (AvgIpc) is 2.52. The van der Waals surface area contributed by atoms with Gasteiger partial charge in [-0.1, -0.05) is 43.3 Å². The Labute approximate surface area is 138 Å². The molecule has 2 rings (SSSR count). The van der Waals surface area contributed by atoms with Gasteiger partial charge in [0.2, 0.25) is 0 Å². The quantitative estimate of drug-likeness (QED) is 0.803. The zero-order valence-electron chi connectivity index (χ0n) is 14.4. The molecule has 1 amide bonds. The normalized spacial score (nSPS) is 11.8. The van der Waals surface area contributed by atoms with Crippen LogP contribution in [0.5, 0.6) is 5.75 Å². The number of carbonyl (C=O) groups excluding carboxylic acids is 1. The molecule has 3 heteroatoms. The van der Waals surface area contributed by atoms with E-state index in [4.69, 9.17) is 4.74 Å². The third-order valence-corrected chi connectivity index (χ3v) is 3.76. The summed E-state index contributed by atoms with van der Waals surface area (Å²) in [7, 11) is 1.82. The number of hydrogen-bond acceptors (Lipinski definition) is 2. The molecule has 0 aliphatic heterocycles. The molecule has 0 unspecified atom stereocenters. The van der Waals surface area contributed by atoms with Crippen molar-refractivity contribution >= 4 is 5.91 Å². The van der Waals surface area contributed by atoms with E-state index in [1.165, 1.54) is 0 Å². The summed E-state index contributed by atoms with van der Waals surface area (Å²) in [5.74, 6) is 0.770. The number of amides is 1. The van der Waals surface area contributed by atoms with E-state index in [9.17, 15) is 4.79 Å². The highest BCUT2D eigenvalue weighted by Crippen LogP contribution is 2.19. The third kappa shape index (κ3) is 4.85. The molecule has 3 nitrogen and oxygen atoms in total. The first-order valence-electron chi connectivity index (χ1n) is 8.03. The minimum Gasteiger partial charge on any atom is -0.481 e. The number of rotatable bonds is 6. The van der Waals surface area contributed by atoms with Crippen LogP contribution in [-0.2, 0) is 11.3 Å². The van der Waals surface area contributed by atoms with E-state index in [0.717, 1.165) is 22.4 Å². The molecule has 0 saturated heterocycles. The summed E-state index contributed by atoms with van der Waals surface area (Å²) < 4.78 is 5.95. The Kier molecular flexibility index (Phi) is 5.80. The van der Waals surface area contributed by atoms with Gasteiger partial charge in [0.05, 0.1) is 0 Å². The van der Waals surface area contributed by atoms with Crippen molar-refractivity contribution in [1.82, 2.24) is 4.90 Å². The van der Waals surface area contributed by atoms with Crippen LogP contribution >= 0.6 is 0 Å². The second-order valence-corrected chi connectivity index (χ2v) is 6.02. The summed E-state index contributed by atoms with van der Waals surface area (Å²) >= 11 is 0. The fourth-order valence-corrected chi connectivity index (χ4v) is 2.65. The molecular weight excluding hydrogens is 286 g/mol. The van der Waals surface area contributed by atoms with Gasteiger partial charge >= 0.3 is 0 Å². The van der Waals surface area contributed by atoms with Crippen LogP contribution < -0.4 is 4.74 Å². The topological polar surface area (TPSA) is 29.5 Å². The molecule has 0 aliphatic carbocycles. The Morgan fingerprint density at radius 2 is 1.70 bits per heavy atom. The molecule has 2 aromatic rings. The van der Waals surface area contributed by atoms with E-state index in [2.05, 4.69) is 6.07 Å². The van der Waals surface area contributed by atoms with Gasteiger partial charge in [0, 0.05) is 13.6 Å². The molecule has 0 saturated carbocycles. The van der Waals surface area contributed by atoms with Crippen molar-refractivity contribution in [2.45, 2.75) is 39.8 Å². The number of ether oxygens (including phenoxy) is 1. The highest BCUT2D eigenvalue weighted by atomic mass is 16.5. The number of carbonyl (C=O) groups is 1. The molecule has 0 aromatic heterocycles. The Morgan fingerprint density at radius 1 is 1.09 bits per heavy atom. The van der Waals surface area contributed by atoms with E-state index in [1.54, 1.807) is 4.90 Å². The fourth-order valence-electron chi connectivity index (χ4n) is 2.65. The lowest BCUT2D eigenvalue weighted by Gasteiger charge is -2.24. The maximum absolute atomic E-state index is 12.7. The van der Waals surface area contributed by atoms with Crippen LogP contribution in [0.25, 0.3) is 0 Å². The smallest absolute Gasteiger partial charge is 0.263 e. The first kappa shape index (κ1) is 17.1. The maximum Gasteiger partial charge on any atom is 0.263 e. The molecule has 23 heavy (non-hydrogen) atoms. The largest absolute Gasteiger partial charge is 0.481 e. The Balaban J connectivity index is 2.05. The molecule has 1 atom stereocenters. The standard InChI is InChI=1S/C20H25NO2/c1-5-19(23-18-12-15(2)11-16(3)13-18)20(22)21(4)14-17-9-7-6-8-10-17/h6-13,19H,5,14H2,1-4H3/t19-/m0/s1. The maximum atomic E-state index is 12.7. The third-order valence-electron chi connectivity index (χ3n) is 3.76. The van der Waals surface area contributed by atoms with Crippen LogP contribution in [-0.4, -0.2) is 24.0 Å². The van der Waals surface area contributed by atoms with Crippen molar-refractivity contribution in [2.24, 2.45) is 0 Å². The highest BCUT2D eigenvalue weighted by molar-refractivity contribution is 5.81. The number of hydrogen-bond donors (Lipinski definition) is 0. The number of likely N-dealkylation sites (N-methyl/N-ethyl adjacent to an activating group) is 1. The minimum atomic E-state index is -0.454. The van der Waals surface area contributed by atoms with Gasteiger partial charge in [-0.2, -0.15) is 0 Å². The van der Waals surface area contributed by atoms with Crippen LogP contribution in [0.1, 0.15) is 30.0 Å². The lowest BCUT2D eigenvalue weighted by molar-refractivity contribution is -0.138. The van der Waals surface area contributed by atoms with Crippen molar-refractivity contribution in [3.63, 3.8) is 0 Å². The molecular formula is C20H25NO2. The zero-order valence-corrected chi connectivity index (χ0v) is 14.4. The molecule has 2 aromatic carbocycles. The van der Waals surface area contributed by atoms with E-state index in [-0.39, 0.29) is 5.91 Å². The second-order valence-electron chi connectivity index (χ2n) is 6.02. The Morgan fingerprint density at radius 3 is 2.26 bits per heavy atom. The van der Waals surface area contributed by atoms with Gasteiger partial charge in [-0.15, -0.1) is 0 Å². The molecule has 122 valence electrons. The van der Waals surface area contributed by atoms with Gasteiger partial charge in [0.1, 0.15) is 5.75 Å². The van der Waals surface area contributed by atoms with Crippen molar-refractivity contribution in [3.05, 3.63) is 65.2 Å². The average molecular weight is 311 g/mol. The molecule has 0 radical (unpaired) electrons. The Bertz CT molecular complexity index is 632. The van der Waals surface area contributed by atoms with Crippen LogP contribution in [0, 0.1) is 13.8 Å². The van der Waals surface area contributed by atoms with E-state index < -0.39 is 6.10 Å². The summed E-state index contributed by atoms with van der Waals surface area (Å²) in [6.45, 7) is 6.63. The molecule has 0 heterocycles. The van der Waals surface area contributed by atoms with Crippen LogP contribution in [0.2, 0.25) is 0 Å². The van der Waals surface area contributed by atoms with Gasteiger partial charge in [0.15, 0.2) is 6.10 Å². The second kappa shape index (κ2) is 7.82. The summed E-state index contributed by atoms with van der Waals surface area (Å²) in [6.07, 6.45) is 0.190. The molecule has 0 N–H and O–H groups in total.